The van der Waals surface area contributed by atoms with E-state index in [9.17, 15) is 18.8 Å². The molecule has 3 amide bonds. The molecule has 2 atom stereocenters. The Kier molecular flexibility index (Phi) is 8.33. The van der Waals surface area contributed by atoms with Crippen LogP contribution in [0, 0.1) is 5.82 Å². The van der Waals surface area contributed by atoms with Crippen LogP contribution in [0.5, 0.6) is 0 Å². The summed E-state index contributed by atoms with van der Waals surface area (Å²) in [5, 5.41) is 5.21. The molecule has 2 rings (SSSR count). The lowest BCUT2D eigenvalue weighted by molar-refractivity contribution is -0.130. The minimum atomic E-state index is -0.895. The largest absolute Gasteiger partial charge is 0.368 e. The molecule has 2 aromatic rings. The van der Waals surface area contributed by atoms with Gasteiger partial charge in [0, 0.05) is 13.3 Å². The molecule has 4 N–H and O–H groups in total. The van der Waals surface area contributed by atoms with Gasteiger partial charge in [0.25, 0.3) is 0 Å². The lowest BCUT2D eigenvalue weighted by Gasteiger charge is -2.21. The molecule has 0 saturated carbocycles. The summed E-state index contributed by atoms with van der Waals surface area (Å²) in [6.45, 7) is 1.30. The van der Waals surface area contributed by atoms with E-state index in [2.05, 4.69) is 10.6 Å². The Balaban J connectivity index is 1.98. The van der Waals surface area contributed by atoms with Crippen LogP contribution in [-0.4, -0.2) is 29.8 Å². The first-order chi connectivity index (χ1) is 13.8. The van der Waals surface area contributed by atoms with Crippen molar-refractivity contribution in [2.24, 2.45) is 5.73 Å². The topological polar surface area (TPSA) is 101 Å². The van der Waals surface area contributed by atoms with E-state index in [1.54, 1.807) is 12.1 Å². The molecule has 0 unspecified atom stereocenters. The van der Waals surface area contributed by atoms with Crippen molar-refractivity contribution in [2.75, 3.05) is 0 Å². The smallest absolute Gasteiger partial charge is 0.243 e. The third-order valence-corrected chi connectivity index (χ3v) is 4.51. The average molecular weight is 399 g/mol. The maximum Gasteiger partial charge on any atom is 0.243 e. The minimum absolute atomic E-state index is 0.168. The van der Waals surface area contributed by atoms with E-state index in [0.29, 0.717) is 18.4 Å². The Bertz CT molecular complexity index is 825. The third kappa shape index (κ3) is 7.73. The van der Waals surface area contributed by atoms with Crippen LogP contribution < -0.4 is 16.4 Å². The standard InChI is InChI=1S/C22H26FN3O3/c1-15(27)25-20(14-17-10-12-18(23)13-11-17)22(29)26-19(21(24)28)9-5-8-16-6-3-2-4-7-16/h2-4,6-7,10-13,19-20H,5,8-9,14H2,1H3,(H2,24,28)(H,25,27)(H,26,29)/t19-,20+/m0/s1. The summed E-state index contributed by atoms with van der Waals surface area (Å²) in [6.07, 6.45) is 1.98. The van der Waals surface area contributed by atoms with Gasteiger partial charge in [-0.05, 0) is 42.5 Å². The summed E-state index contributed by atoms with van der Waals surface area (Å²) in [7, 11) is 0. The first kappa shape index (κ1) is 22.1. The monoisotopic (exact) mass is 399 g/mol. The van der Waals surface area contributed by atoms with Gasteiger partial charge in [-0.1, -0.05) is 42.5 Å². The molecule has 0 spiro atoms. The summed E-state index contributed by atoms with van der Waals surface area (Å²) in [5.41, 5.74) is 7.27. The van der Waals surface area contributed by atoms with Crippen molar-refractivity contribution in [3.63, 3.8) is 0 Å². The zero-order valence-corrected chi connectivity index (χ0v) is 16.4. The van der Waals surface area contributed by atoms with Crippen molar-refractivity contribution in [3.8, 4) is 0 Å². The number of carbonyl (C=O) groups is 3. The van der Waals surface area contributed by atoms with E-state index in [0.717, 1.165) is 12.0 Å². The molecule has 0 aliphatic carbocycles. The quantitative estimate of drug-likeness (QED) is 0.568. The number of hydrogen-bond acceptors (Lipinski definition) is 3. The van der Waals surface area contributed by atoms with Gasteiger partial charge in [0.15, 0.2) is 0 Å². The van der Waals surface area contributed by atoms with Crippen LogP contribution in [-0.2, 0) is 27.2 Å². The number of carbonyl (C=O) groups excluding carboxylic acids is 3. The number of primary amides is 1. The Morgan fingerprint density at radius 3 is 2.17 bits per heavy atom. The van der Waals surface area contributed by atoms with Crippen LogP contribution in [0.15, 0.2) is 54.6 Å². The molecular formula is C22H26FN3O3. The number of hydrogen-bond donors (Lipinski definition) is 3. The zero-order valence-electron chi connectivity index (χ0n) is 16.4. The third-order valence-electron chi connectivity index (χ3n) is 4.51. The first-order valence-corrected chi connectivity index (χ1v) is 9.50. The number of benzene rings is 2. The molecule has 6 nitrogen and oxygen atoms in total. The molecule has 2 aromatic carbocycles. The highest BCUT2D eigenvalue weighted by molar-refractivity contribution is 5.91. The second kappa shape index (κ2) is 10.9. The van der Waals surface area contributed by atoms with E-state index in [4.69, 9.17) is 5.73 Å². The number of nitrogens with one attached hydrogen (secondary N) is 2. The van der Waals surface area contributed by atoms with E-state index in [1.807, 2.05) is 30.3 Å². The fourth-order valence-corrected chi connectivity index (χ4v) is 3.02. The highest BCUT2D eigenvalue weighted by atomic mass is 19.1. The van der Waals surface area contributed by atoms with Gasteiger partial charge < -0.3 is 16.4 Å². The van der Waals surface area contributed by atoms with Crippen LogP contribution in [0.4, 0.5) is 4.39 Å². The van der Waals surface area contributed by atoms with Crippen molar-refractivity contribution in [1.29, 1.82) is 0 Å². The molecule has 0 radical (unpaired) electrons. The fraction of sp³-hybridized carbons (Fsp3) is 0.318. The summed E-state index contributed by atoms with van der Waals surface area (Å²) in [6, 6.07) is 13.7. The van der Waals surface area contributed by atoms with Crippen molar-refractivity contribution in [3.05, 3.63) is 71.5 Å². The van der Waals surface area contributed by atoms with Crippen molar-refractivity contribution in [2.45, 2.75) is 44.7 Å². The lowest BCUT2D eigenvalue weighted by Crippen LogP contribution is -2.53. The molecule has 0 aliphatic rings. The van der Waals surface area contributed by atoms with Gasteiger partial charge in [-0.15, -0.1) is 0 Å². The van der Waals surface area contributed by atoms with Gasteiger partial charge in [0.1, 0.15) is 17.9 Å². The highest BCUT2D eigenvalue weighted by Crippen LogP contribution is 2.09. The van der Waals surface area contributed by atoms with Crippen LogP contribution in [0.2, 0.25) is 0 Å². The maximum atomic E-state index is 13.1. The Morgan fingerprint density at radius 1 is 0.931 bits per heavy atom. The number of nitrogens with two attached hydrogens (primary N) is 1. The zero-order chi connectivity index (χ0) is 21.2. The lowest BCUT2D eigenvalue weighted by atomic mass is 10.0. The Morgan fingerprint density at radius 2 is 1.59 bits per heavy atom. The van der Waals surface area contributed by atoms with E-state index in [1.165, 1.54) is 19.1 Å². The number of amides is 3. The number of halogens is 1. The molecule has 0 aliphatic heterocycles. The van der Waals surface area contributed by atoms with E-state index >= 15 is 0 Å². The van der Waals surface area contributed by atoms with Crippen LogP contribution in [0.1, 0.15) is 30.9 Å². The molecule has 0 bridgehead atoms. The fourth-order valence-electron chi connectivity index (χ4n) is 3.02. The second-order valence-electron chi connectivity index (χ2n) is 6.93. The van der Waals surface area contributed by atoms with Crippen molar-refractivity contribution >= 4 is 17.7 Å². The molecule has 0 fully saturated rings. The summed E-state index contributed by atoms with van der Waals surface area (Å²) in [5.74, 6) is -1.91. The Labute approximate surface area is 169 Å². The summed E-state index contributed by atoms with van der Waals surface area (Å²) >= 11 is 0. The SMILES string of the molecule is CC(=O)N[C@H](Cc1ccc(F)cc1)C(=O)N[C@@H](CCCc1ccccc1)C(N)=O. The molecule has 0 aromatic heterocycles. The predicted molar refractivity (Wildman–Crippen MR) is 108 cm³/mol. The van der Waals surface area contributed by atoms with Crippen molar-refractivity contribution in [1.82, 2.24) is 10.6 Å². The summed E-state index contributed by atoms with van der Waals surface area (Å²) in [4.78, 5) is 36.0. The molecule has 0 heterocycles. The second-order valence-corrected chi connectivity index (χ2v) is 6.93. The number of aryl methyl sites for hydroxylation is 1. The Hall–Kier alpha value is -3.22. The van der Waals surface area contributed by atoms with Gasteiger partial charge in [-0.3, -0.25) is 14.4 Å². The van der Waals surface area contributed by atoms with Crippen LogP contribution in [0.25, 0.3) is 0 Å². The summed E-state index contributed by atoms with van der Waals surface area (Å²) < 4.78 is 13.1. The highest BCUT2D eigenvalue weighted by Gasteiger charge is 2.25. The van der Waals surface area contributed by atoms with E-state index in [-0.39, 0.29) is 18.1 Å². The van der Waals surface area contributed by atoms with Gasteiger partial charge in [-0.2, -0.15) is 0 Å². The average Bonchev–Trinajstić information content (AvgIpc) is 2.68. The molecular weight excluding hydrogens is 373 g/mol. The minimum Gasteiger partial charge on any atom is -0.368 e. The van der Waals surface area contributed by atoms with Gasteiger partial charge >= 0.3 is 0 Å². The first-order valence-electron chi connectivity index (χ1n) is 9.50. The van der Waals surface area contributed by atoms with Crippen LogP contribution in [0.3, 0.4) is 0 Å². The van der Waals surface area contributed by atoms with E-state index < -0.39 is 23.9 Å². The molecule has 29 heavy (non-hydrogen) atoms. The number of rotatable bonds is 10. The molecule has 154 valence electrons. The van der Waals surface area contributed by atoms with Gasteiger partial charge in [0.05, 0.1) is 0 Å². The van der Waals surface area contributed by atoms with Gasteiger partial charge in [0.2, 0.25) is 17.7 Å². The van der Waals surface area contributed by atoms with Crippen molar-refractivity contribution < 1.29 is 18.8 Å². The maximum absolute atomic E-state index is 13.1. The normalized spacial score (nSPS) is 12.6. The van der Waals surface area contributed by atoms with Gasteiger partial charge in [-0.25, -0.2) is 4.39 Å². The predicted octanol–water partition coefficient (Wildman–Crippen LogP) is 1.87. The molecule has 0 saturated heterocycles. The van der Waals surface area contributed by atoms with Crippen LogP contribution >= 0.6 is 0 Å². The molecule has 7 heteroatoms.